The number of nitrogens with one attached hydrogen (secondary N) is 2. The summed E-state index contributed by atoms with van der Waals surface area (Å²) >= 11 is 0. The van der Waals surface area contributed by atoms with Crippen molar-refractivity contribution in [2.75, 3.05) is 31.6 Å². The Morgan fingerprint density at radius 3 is 2.42 bits per heavy atom. The van der Waals surface area contributed by atoms with Crippen LogP contribution in [-0.4, -0.2) is 44.9 Å². The van der Waals surface area contributed by atoms with Crippen LogP contribution in [0.25, 0.3) is 0 Å². The Labute approximate surface area is 181 Å². The summed E-state index contributed by atoms with van der Waals surface area (Å²) in [6, 6.07) is 16.2. The minimum Gasteiger partial charge on any atom is -0.369 e. The summed E-state index contributed by atoms with van der Waals surface area (Å²) in [5, 5.41) is 6.77. The summed E-state index contributed by atoms with van der Waals surface area (Å²) in [5.41, 5.74) is 4.20. The molecule has 0 radical (unpaired) electrons. The number of nitrogens with zero attached hydrogens (tertiary/aromatic N) is 2. The number of rotatable bonds is 7. The van der Waals surface area contributed by atoms with Gasteiger partial charge in [0.25, 0.3) is 0 Å². The second-order valence-corrected chi connectivity index (χ2v) is 7.76. The van der Waals surface area contributed by atoms with Gasteiger partial charge in [-0.15, -0.1) is 0 Å². The zero-order chi connectivity index (χ0) is 22.3. The maximum atomic E-state index is 12.1. The first-order valence-electron chi connectivity index (χ1n) is 10.3. The molecular weight excluding hydrogens is 405 g/mol. The molecule has 0 spiro atoms. The molecule has 2 aromatic rings. The SMILES string of the molecule is CN=C(NCc1ccc(COCC(F)(F)F)cc1)NC1CCN(c2ccc(C)cc2)C1. The lowest BCUT2D eigenvalue weighted by Crippen LogP contribution is -2.44. The quantitative estimate of drug-likeness (QED) is 0.511. The number of anilines is 1. The third-order valence-electron chi connectivity index (χ3n) is 5.17. The van der Waals surface area contributed by atoms with E-state index in [1.807, 2.05) is 12.1 Å². The molecule has 1 aliphatic rings. The van der Waals surface area contributed by atoms with Crippen molar-refractivity contribution in [3.05, 3.63) is 65.2 Å². The lowest BCUT2D eigenvalue weighted by Gasteiger charge is -2.20. The zero-order valence-corrected chi connectivity index (χ0v) is 17.9. The largest absolute Gasteiger partial charge is 0.411 e. The van der Waals surface area contributed by atoms with Gasteiger partial charge in [0.2, 0.25) is 0 Å². The number of aliphatic imine (C=N–C) groups is 1. The van der Waals surface area contributed by atoms with Crippen LogP contribution in [0, 0.1) is 6.92 Å². The molecule has 0 saturated carbocycles. The van der Waals surface area contributed by atoms with Gasteiger partial charge in [-0.25, -0.2) is 0 Å². The van der Waals surface area contributed by atoms with Crippen molar-refractivity contribution in [1.82, 2.24) is 10.6 Å². The van der Waals surface area contributed by atoms with Crippen LogP contribution in [0.3, 0.4) is 0 Å². The monoisotopic (exact) mass is 434 g/mol. The number of hydrogen-bond donors (Lipinski definition) is 2. The van der Waals surface area contributed by atoms with Crippen LogP contribution in [0.15, 0.2) is 53.5 Å². The minimum absolute atomic E-state index is 0.0599. The number of hydrogen-bond acceptors (Lipinski definition) is 3. The molecule has 1 unspecified atom stereocenters. The first-order valence-corrected chi connectivity index (χ1v) is 10.3. The van der Waals surface area contributed by atoms with Crippen LogP contribution >= 0.6 is 0 Å². The normalized spacial score (nSPS) is 17.1. The van der Waals surface area contributed by atoms with Crippen LogP contribution < -0.4 is 15.5 Å². The third-order valence-corrected chi connectivity index (χ3v) is 5.17. The molecule has 2 aromatic carbocycles. The summed E-state index contributed by atoms with van der Waals surface area (Å²) in [7, 11) is 1.74. The van der Waals surface area contributed by atoms with Gasteiger partial charge in [0.05, 0.1) is 6.61 Å². The van der Waals surface area contributed by atoms with Crippen molar-refractivity contribution in [3.8, 4) is 0 Å². The summed E-state index contributed by atoms with van der Waals surface area (Å²) < 4.78 is 41.1. The van der Waals surface area contributed by atoms with Crippen LogP contribution in [0.5, 0.6) is 0 Å². The van der Waals surface area contributed by atoms with E-state index in [0.717, 1.165) is 31.0 Å². The predicted molar refractivity (Wildman–Crippen MR) is 117 cm³/mol. The number of guanidine groups is 1. The molecule has 0 aliphatic carbocycles. The van der Waals surface area contributed by atoms with E-state index in [9.17, 15) is 13.2 Å². The summed E-state index contributed by atoms with van der Waals surface area (Å²) in [5.74, 6) is 0.730. The van der Waals surface area contributed by atoms with Gasteiger partial charge >= 0.3 is 6.18 Å². The Balaban J connectivity index is 1.43. The highest BCUT2D eigenvalue weighted by Crippen LogP contribution is 2.21. The van der Waals surface area contributed by atoms with Crippen LogP contribution in [0.1, 0.15) is 23.1 Å². The van der Waals surface area contributed by atoms with E-state index in [1.54, 1.807) is 19.2 Å². The summed E-state index contributed by atoms with van der Waals surface area (Å²) in [6.07, 6.45) is -3.27. The molecule has 0 bridgehead atoms. The molecule has 3 rings (SSSR count). The van der Waals surface area contributed by atoms with E-state index in [-0.39, 0.29) is 6.61 Å². The van der Waals surface area contributed by atoms with Gasteiger partial charge in [-0.1, -0.05) is 42.0 Å². The topological polar surface area (TPSA) is 48.9 Å². The van der Waals surface area contributed by atoms with E-state index >= 15 is 0 Å². The fourth-order valence-corrected chi connectivity index (χ4v) is 3.48. The van der Waals surface area contributed by atoms with Crippen molar-refractivity contribution in [3.63, 3.8) is 0 Å². The van der Waals surface area contributed by atoms with E-state index in [4.69, 9.17) is 0 Å². The molecule has 1 aliphatic heterocycles. The van der Waals surface area contributed by atoms with Gasteiger partial charge in [0, 0.05) is 38.4 Å². The number of halogens is 3. The van der Waals surface area contributed by atoms with Gasteiger partial charge < -0.3 is 20.3 Å². The van der Waals surface area contributed by atoms with Crippen molar-refractivity contribution in [1.29, 1.82) is 0 Å². The Kier molecular flexibility index (Phi) is 7.79. The van der Waals surface area contributed by atoms with Gasteiger partial charge in [-0.2, -0.15) is 13.2 Å². The number of ether oxygens (including phenoxy) is 1. The standard InChI is InChI=1S/C23H29F3N4O/c1-17-3-9-21(10-4-17)30-12-11-20(14-30)29-22(27-2)28-13-18-5-7-19(8-6-18)15-31-16-23(24,25)26/h3-10,20H,11-16H2,1-2H3,(H2,27,28,29). The number of alkyl halides is 3. The first-order chi connectivity index (χ1) is 14.8. The molecule has 2 N–H and O–H groups in total. The maximum Gasteiger partial charge on any atom is 0.411 e. The molecule has 1 fully saturated rings. The zero-order valence-electron chi connectivity index (χ0n) is 17.9. The van der Waals surface area contributed by atoms with Gasteiger partial charge in [-0.3, -0.25) is 4.99 Å². The predicted octanol–water partition coefficient (Wildman–Crippen LogP) is 4.02. The van der Waals surface area contributed by atoms with Gasteiger partial charge in [0.15, 0.2) is 5.96 Å². The average molecular weight is 435 g/mol. The van der Waals surface area contributed by atoms with E-state index < -0.39 is 12.8 Å². The highest BCUT2D eigenvalue weighted by atomic mass is 19.4. The number of benzene rings is 2. The Hall–Kier alpha value is -2.74. The van der Waals surface area contributed by atoms with Crippen LogP contribution in [-0.2, 0) is 17.9 Å². The molecule has 1 atom stereocenters. The highest BCUT2D eigenvalue weighted by Gasteiger charge is 2.27. The van der Waals surface area contributed by atoms with Crippen molar-refractivity contribution in [2.24, 2.45) is 4.99 Å². The summed E-state index contributed by atoms with van der Waals surface area (Å²) in [6.45, 7) is 3.27. The Bertz CT molecular complexity index is 851. The molecular formula is C23H29F3N4O. The van der Waals surface area contributed by atoms with Crippen LogP contribution in [0.4, 0.5) is 18.9 Å². The van der Waals surface area contributed by atoms with Crippen molar-refractivity contribution < 1.29 is 17.9 Å². The molecule has 31 heavy (non-hydrogen) atoms. The Morgan fingerprint density at radius 1 is 1.10 bits per heavy atom. The molecule has 8 heteroatoms. The number of aryl methyl sites for hydroxylation is 1. The van der Waals surface area contributed by atoms with Crippen LogP contribution in [0.2, 0.25) is 0 Å². The van der Waals surface area contributed by atoms with E-state index in [2.05, 4.69) is 56.5 Å². The Morgan fingerprint density at radius 2 is 1.77 bits per heavy atom. The molecule has 1 heterocycles. The minimum atomic E-state index is -4.30. The highest BCUT2D eigenvalue weighted by molar-refractivity contribution is 5.80. The lowest BCUT2D eigenvalue weighted by atomic mass is 10.1. The summed E-state index contributed by atoms with van der Waals surface area (Å²) in [4.78, 5) is 6.67. The second-order valence-electron chi connectivity index (χ2n) is 7.76. The molecule has 0 amide bonds. The second kappa shape index (κ2) is 10.5. The maximum absolute atomic E-state index is 12.1. The van der Waals surface area contributed by atoms with Gasteiger partial charge in [0.1, 0.15) is 6.61 Å². The fraction of sp³-hybridized carbons (Fsp3) is 0.435. The molecule has 168 valence electrons. The molecule has 0 aromatic heterocycles. The van der Waals surface area contributed by atoms with E-state index in [1.165, 1.54) is 11.3 Å². The average Bonchev–Trinajstić information content (AvgIpc) is 3.20. The van der Waals surface area contributed by atoms with E-state index in [0.29, 0.717) is 18.2 Å². The smallest absolute Gasteiger partial charge is 0.369 e. The third kappa shape index (κ3) is 7.47. The van der Waals surface area contributed by atoms with Gasteiger partial charge in [-0.05, 0) is 36.6 Å². The van der Waals surface area contributed by atoms with Crippen molar-refractivity contribution >= 4 is 11.6 Å². The lowest BCUT2D eigenvalue weighted by molar-refractivity contribution is -0.176. The molecule has 1 saturated heterocycles. The fourth-order valence-electron chi connectivity index (χ4n) is 3.48. The first kappa shape index (κ1) is 22.9. The van der Waals surface area contributed by atoms with Crippen molar-refractivity contribution in [2.45, 2.75) is 38.7 Å². The molecule has 5 nitrogen and oxygen atoms in total.